The van der Waals surface area contributed by atoms with Crippen molar-refractivity contribution in [2.75, 3.05) is 6.61 Å². The fourth-order valence-corrected chi connectivity index (χ4v) is 2.33. The van der Waals surface area contributed by atoms with Gasteiger partial charge < -0.3 is 9.47 Å². The van der Waals surface area contributed by atoms with Crippen LogP contribution in [0.4, 0.5) is 0 Å². The van der Waals surface area contributed by atoms with Crippen LogP contribution in [0, 0.1) is 0 Å². The van der Waals surface area contributed by atoms with E-state index in [-0.39, 0.29) is 18.2 Å². The highest BCUT2D eigenvalue weighted by Gasteiger charge is 2.18. The largest absolute Gasteiger partial charge is 0.458 e. The van der Waals surface area contributed by atoms with Gasteiger partial charge in [0.25, 0.3) is 0 Å². The van der Waals surface area contributed by atoms with Crippen molar-refractivity contribution >= 4 is 17.6 Å². The van der Waals surface area contributed by atoms with Gasteiger partial charge in [-0.25, -0.2) is 0 Å². The molecule has 104 valence electrons. The minimum absolute atomic E-state index is 0.169. The first-order valence-corrected chi connectivity index (χ1v) is 7.09. The summed E-state index contributed by atoms with van der Waals surface area (Å²) in [4.78, 5) is 11.7. The van der Waals surface area contributed by atoms with Gasteiger partial charge in [-0.05, 0) is 43.9 Å². The van der Waals surface area contributed by atoms with Crippen LogP contribution in [-0.4, -0.2) is 18.7 Å². The highest BCUT2D eigenvalue weighted by Crippen LogP contribution is 2.21. The number of hydrogen-bond acceptors (Lipinski definition) is 3. The lowest BCUT2D eigenvalue weighted by molar-refractivity contribution is -0.149. The molecule has 0 aromatic heterocycles. The number of carbonyl (C=O) groups excluding carboxylic acids is 1. The zero-order valence-corrected chi connectivity index (χ0v) is 11.9. The monoisotopic (exact) mass is 282 g/mol. The van der Waals surface area contributed by atoms with E-state index in [1.54, 1.807) is 12.1 Å². The van der Waals surface area contributed by atoms with Gasteiger partial charge in [0.05, 0.1) is 6.10 Å². The summed E-state index contributed by atoms with van der Waals surface area (Å²) in [6.45, 7) is 2.69. The average Bonchev–Trinajstić information content (AvgIpc) is 2.90. The molecule has 2 atom stereocenters. The van der Waals surface area contributed by atoms with Gasteiger partial charge in [0.2, 0.25) is 0 Å². The van der Waals surface area contributed by atoms with Crippen LogP contribution in [0.1, 0.15) is 44.3 Å². The Morgan fingerprint density at radius 3 is 2.84 bits per heavy atom. The molecule has 1 aliphatic rings. The van der Waals surface area contributed by atoms with Crippen molar-refractivity contribution in [3.63, 3.8) is 0 Å². The summed E-state index contributed by atoms with van der Waals surface area (Å²) >= 11 is 5.82. The molecule has 1 heterocycles. The van der Waals surface area contributed by atoms with Gasteiger partial charge in [-0.3, -0.25) is 4.79 Å². The molecule has 1 aromatic carbocycles. The van der Waals surface area contributed by atoms with Crippen molar-refractivity contribution in [1.82, 2.24) is 0 Å². The minimum Gasteiger partial charge on any atom is -0.458 e. The summed E-state index contributed by atoms with van der Waals surface area (Å²) in [6, 6.07) is 7.35. The van der Waals surface area contributed by atoms with Gasteiger partial charge in [0, 0.05) is 18.1 Å². The van der Waals surface area contributed by atoms with Gasteiger partial charge in [-0.1, -0.05) is 23.7 Å². The quantitative estimate of drug-likeness (QED) is 0.768. The number of rotatable bonds is 5. The molecule has 3 nitrogen and oxygen atoms in total. The van der Waals surface area contributed by atoms with E-state index in [1.165, 1.54) is 0 Å². The maximum atomic E-state index is 11.7. The molecule has 0 saturated carbocycles. The third-order valence-electron chi connectivity index (χ3n) is 3.34. The first-order valence-electron chi connectivity index (χ1n) is 6.71. The molecule has 4 heteroatoms. The molecular weight excluding hydrogens is 264 g/mol. The second-order valence-electron chi connectivity index (χ2n) is 4.86. The number of esters is 1. The minimum atomic E-state index is -0.241. The lowest BCUT2D eigenvalue weighted by atomic mass is 10.1. The van der Waals surface area contributed by atoms with Crippen LogP contribution in [0.2, 0.25) is 5.02 Å². The molecule has 1 fully saturated rings. The average molecular weight is 283 g/mol. The van der Waals surface area contributed by atoms with Crippen molar-refractivity contribution < 1.29 is 14.3 Å². The summed E-state index contributed by atoms with van der Waals surface area (Å²) in [5.41, 5.74) is 0.954. The van der Waals surface area contributed by atoms with Crippen LogP contribution in [0.25, 0.3) is 0 Å². The number of hydrogen-bond donors (Lipinski definition) is 0. The predicted octanol–water partition coefficient (Wildman–Crippen LogP) is 3.90. The van der Waals surface area contributed by atoms with Gasteiger partial charge in [-0.2, -0.15) is 0 Å². The molecule has 1 saturated heterocycles. The highest BCUT2D eigenvalue weighted by molar-refractivity contribution is 6.30. The Hall–Kier alpha value is -1.06. The van der Waals surface area contributed by atoms with Gasteiger partial charge in [-0.15, -0.1) is 0 Å². The Morgan fingerprint density at radius 1 is 1.47 bits per heavy atom. The second-order valence-corrected chi connectivity index (χ2v) is 5.29. The van der Waals surface area contributed by atoms with E-state index in [1.807, 2.05) is 19.1 Å². The number of benzene rings is 1. The fraction of sp³-hybridized carbons (Fsp3) is 0.533. The normalized spacial score (nSPS) is 20.2. The smallest absolute Gasteiger partial charge is 0.306 e. The van der Waals surface area contributed by atoms with Crippen molar-refractivity contribution in [2.24, 2.45) is 0 Å². The first-order chi connectivity index (χ1) is 9.15. The SMILES string of the molecule is CC(OC(=O)CCC1CCCO1)c1ccc(Cl)cc1. The van der Waals surface area contributed by atoms with Crippen molar-refractivity contribution in [2.45, 2.75) is 44.8 Å². The standard InChI is InChI=1S/C15H19ClO3/c1-11(12-4-6-13(16)7-5-12)19-15(17)9-8-14-3-2-10-18-14/h4-7,11,14H,2-3,8-10H2,1H3. The van der Waals surface area contributed by atoms with E-state index >= 15 is 0 Å². The Morgan fingerprint density at radius 2 is 2.21 bits per heavy atom. The Bertz CT molecular complexity index is 410. The zero-order chi connectivity index (χ0) is 13.7. The van der Waals surface area contributed by atoms with Crippen molar-refractivity contribution in [3.8, 4) is 0 Å². The Kier molecular flexibility index (Phi) is 5.23. The lowest BCUT2D eigenvalue weighted by Crippen LogP contribution is -2.12. The predicted molar refractivity (Wildman–Crippen MR) is 74.2 cm³/mol. The molecule has 0 spiro atoms. The number of ether oxygens (including phenoxy) is 2. The summed E-state index contributed by atoms with van der Waals surface area (Å²) < 4.78 is 10.9. The summed E-state index contributed by atoms with van der Waals surface area (Å²) in [6.07, 6.45) is 3.32. The van der Waals surface area contributed by atoms with Gasteiger partial charge in [0.15, 0.2) is 0 Å². The number of halogens is 1. The van der Waals surface area contributed by atoms with Crippen LogP contribution >= 0.6 is 11.6 Å². The first kappa shape index (κ1) is 14.4. The molecule has 2 rings (SSSR count). The third-order valence-corrected chi connectivity index (χ3v) is 3.59. The maximum absolute atomic E-state index is 11.7. The maximum Gasteiger partial charge on any atom is 0.306 e. The molecule has 0 N–H and O–H groups in total. The third kappa shape index (κ3) is 4.51. The molecular formula is C15H19ClO3. The molecule has 0 bridgehead atoms. The zero-order valence-electron chi connectivity index (χ0n) is 11.1. The van der Waals surface area contributed by atoms with Crippen LogP contribution in [0.15, 0.2) is 24.3 Å². The molecule has 1 aromatic rings. The van der Waals surface area contributed by atoms with E-state index in [0.29, 0.717) is 11.4 Å². The fourth-order valence-electron chi connectivity index (χ4n) is 2.21. The highest BCUT2D eigenvalue weighted by atomic mass is 35.5. The molecule has 1 aliphatic heterocycles. The number of carbonyl (C=O) groups is 1. The molecule has 2 unspecified atom stereocenters. The lowest BCUT2D eigenvalue weighted by Gasteiger charge is -2.14. The summed E-state index contributed by atoms with van der Waals surface area (Å²) in [5, 5.41) is 0.681. The van der Waals surface area contributed by atoms with E-state index in [2.05, 4.69) is 0 Å². The van der Waals surface area contributed by atoms with Crippen molar-refractivity contribution in [3.05, 3.63) is 34.9 Å². The van der Waals surface area contributed by atoms with Crippen molar-refractivity contribution in [1.29, 1.82) is 0 Å². The Balaban J connectivity index is 1.76. The molecule has 19 heavy (non-hydrogen) atoms. The molecule has 0 aliphatic carbocycles. The van der Waals surface area contributed by atoms with Gasteiger partial charge in [0.1, 0.15) is 6.10 Å². The van der Waals surface area contributed by atoms with E-state index in [4.69, 9.17) is 21.1 Å². The molecule has 0 amide bonds. The summed E-state index contributed by atoms with van der Waals surface area (Å²) in [5.74, 6) is -0.169. The van der Waals surface area contributed by atoms with E-state index < -0.39 is 0 Å². The molecule has 0 radical (unpaired) electrons. The van der Waals surface area contributed by atoms with Crippen LogP contribution in [0.3, 0.4) is 0 Å². The summed E-state index contributed by atoms with van der Waals surface area (Å²) in [7, 11) is 0. The van der Waals surface area contributed by atoms with Crippen LogP contribution in [0.5, 0.6) is 0 Å². The Labute approximate surface area is 118 Å². The second kappa shape index (κ2) is 6.92. The van der Waals surface area contributed by atoms with E-state index in [0.717, 1.165) is 31.4 Å². The van der Waals surface area contributed by atoms with Gasteiger partial charge >= 0.3 is 5.97 Å². The topological polar surface area (TPSA) is 35.5 Å². The van der Waals surface area contributed by atoms with Crippen LogP contribution in [-0.2, 0) is 14.3 Å². The van der Waals surface area contributed by atoms with Crippen LogP contribution < -0.4 is 0 Å². The van der Waals surface area contributed by atoms with E-state index in [9.17, 15) is 4.79 Å².